The lowest BCUT2D eigenvalue weighted by Crippen LogP contribution is -2.55. The van der Waals surface area contributed by atoms with E-state index in [1.165, 1.54) is 0 Å². The summed E-state index contributed by atoms with van der Waals surface area (Å²) in [6.07, 6.45) is 0. The normalized spacial score (nSPS) is 21.9. The number of benzene rings is 1. The molecule has 0 saturated carbocycles. The molecular formula is C16H23N3O. The molecule has 1 heterocycles. The molecule has 4 heteroatoms. The van der Waals surface area contributed by atoms with Gasteiger partial charge in [-0.2, -0.15) is 5.26 Å². The Morgan fingerprint density at radius 1 is 1.40 bits per heavy atom. The lowest BCUT2D eigenvalue weighted by Gasteiger charge is -2.41. The minimum atomic E-state index is -0.672. The fourth-order valence-corrected chi connectivity index (χ4v) is 2.78. The van der Waals surface area contributed by atoms with Gasteiger partial charge in [0.15, 0.2) is 0 Å². The number of nitrogens with one attached hydrogen (secondary N) is 1. The second-order valence-electron chi connectivity index (χ2n) is 5.95. The van der Waals surface area contributed by atoms with E-state index in [1.807, 2.05) is 37.4 Å². The fourth-order valence-electron chi connectivity index (χ4n) is 2.78. The highest BCUT2D eigenvalue weighted by molar-refractivity contribution is 5.32. The van der Waals surface area contributed by atoms with Gasteiger partial charge in [0.1, 0.15) is 5.54 Å². The summed E-state index contributed by atoms with van der Waals surface area (Å²) in [5.74, 6) is 0. The summed E-state index contributed by atoms with van der Waals surface area (Å²) in [6, 6.07) is 12.4. The zero-order valence-electron chi connectivity index (χ0n) is 12.5. The fraction of sp³-hybridized carbons (Fsp3) is 0.562. The Kier molecular flexibility index (Phi) is 4.44. The Balaban J connectivity index is 2.20. The van der Waals surface area contributed by atoms with Crippen molar-refractivity contribution in [2.45, 2.75) is 25.0 Å². The Bertz CT molecular complexity index is 480. The van der Waals surface area contributed by atoms with Crippen LogP contribution in [-0.2, 0) is 10.3 Å². The number of hydrogen-bond acceptors (Lipinski definition) is 4. The molecule has 0 bridgehead atoms. The van der Waals surface area contributed by atoms with Crippen LogP contribution < -0.4 is 5.32 Å². The van der Waals surface area contributed by atoms with E-state index in [0.29, 0.717) is 13.2 Å². The first-order valence-electron chi connectivity index (χ1n) is 7.03. The Labute approximate surface area is 121 Å². The van der Waals surface area contributed by atoms with Gasteiger partial charge in [0.2, 0.25) is 0 Å². The summed E-state index contributed by atoms with van der Waals surface area (Å²) in [5, 5.41) is 12.9. The first-order valence-corrected chi connectivity index (χ1v) is 7.03. The van der Waals surface area contributed by atoms with Crippen LogP contribution in [0, 0.1) is 11.3 Å². The van der Waals surface area contributed by atoms with Gasteiger partial charge in [0.25, 0.3) is 0 Å². The predicted octanol–water partition coefficient (Wildman–Crippen LogP) is 1.74. The first-order chi connectivity index (χ1) is 9.51. The molecule has 1 aromatic carbocycles. The van der Waals surface area contributed by atoms with Crippen LogP contribution in [0.4, 0.5) is 0 Å². The van der Waals surface area contributed by atoms with Crippen LogP contribution in [0.3, 0.4) is 0 Å². The van der Waals surface area contributed by atoms with Crippen molar-refractivity contribution in [3.63, 3.8) is 0 Å². The van der Waals surface area contributed by atoms with Crippen molar-refractivity contribution in [3.8, 4) is 6.07 Å². The van der Waals surface area contributed by atoms with E-state index < -0.39 is 5.54 Å². The maximum atomic E-state index is 9.72. The average Bonchev–Trinajstić information content (AvgIpc) is 2.45. The van der Waals surface area contributed by atoms with Crippen LogP contribution in [0.1, 0.15) is 19.4 Å². The summed E-state index contributed by atoms with van der Waals surface area (Å²) in [6.45, 7) is 7.26. The molecule has 1 aromatic rings. The van der Waals surface area contributed by atoms with Crippen molar-refractivity contribution >= 4 is 0 Å². The molecule has 0 radical (unpaired) electrons. The van der Waals surface area contributed by atoms with Gasteiger partial charge in [-0.1, -0.05) is 30.3 Å². The topological polar surface area (TPSA) is 48.3 Å². The molecule has 1 fully saturated rings. The molecule has 0 aromatic heterocycles. The molecule has 0 spiro atoms. The third-order valence-electron chi connectivity index (χ3n) is 3.85. The van der Waals surface area contributed by atoms with Crippen LogP contribution in [0.15, 0.2) is 30.3 Å². The number of rotatable bonds is 4. The van der Waals surface area contributed by atoms with Crippen LogP contribution in [-0.4, -0.2) is 43.8 Å². The molecule has 1 aliphatic heterocycles. The van der Waals surface area contributed by atoms with Crippen LogP contribution in [0.5, 0.6) is 0 Å². The van der Waals surface area contributed by atoms with E-state index in [4.69, 9.17) is 4.74 Å². The third kappa shape index (κ3) is 3.18. The maximum Gasteiger partial charge on any atom is 0.144 e. The lowest BCUT2D eigenvalue weighted by atomic mass is 9.90. The molecule has 4 nitrogen and oxygen atoms in total. The van der Waals surface area contributed by atoms with Crippen molar-refractivity contribution in [1.29, 1.82) is 5.26 Å². The van der Waals surface area contributed by atoms with Gasteiger partial charge in [-0.15, -0.1) is 0 Å². The Morgan fingerprint density at radius 3 is 2.65 bits per heavy atom. The highest BCUT2D eigenvalue weighted by atomic mass is 16.5. The molecule has 0 aliphatic carbocycles. The van der Waals surface area contributed by atoms with Crippen LogP contribution in [0.2, 0.25) is 0 Å². The van der Waals surface area contributed by atoms with Gasteiger partial charge in [0.05, 0.1) is 18.3 Å². The average molecular weight is 273 g/mol. The number of nitriles is 1. The van der Waals surface area contributed by atoms with E-state index in [2.05, 4.69) is 30.1 Å². The van der Waals surface area contributed by atoms with Crippen molar-refractivity contribution < 1.29 is 4.74 Å². The van der Waals surface area contributed by atoms with Crippen molar-refractivity contribution in [2.24, 2.45) is 0 Å². The van der Waals surface area contributed by atoms with Gasteiger partial charge < -0.3 is 4.74 Å². The summed E-state index contributed by atoms with van der Waals surface area (Å²) in [7, 11) is 1.85. The number of morpholine rings is 1. The molecule has 1 aliphatic rings. The molecular weight excluding hydrogens is 250 g/mol. The van der Waals surface area contributed by atoms with E-state index in [0.717, 1.165) is 18.7 Å². The highest BCUT2D eigenvalue weighted by Gasteiger charge is 2.36. The third-order valence-corrected chi connectivity index (χ3v) is 3.85. The molecule has 0 amide bonds. The number of hydrogen-bond donors (Lipinski definition) is 1. The molecule has 108 valence electrons. The smallest absolute Gasteiger partial charge is 0.144 e. The zero-order valence-corrected chi connectivity index (χ0v) is 12.5. The second kappa shape index (κ2) is 5.92. The Hall–Kier alpha value is -1.41. The molecule has 1 saturated heterocycles. The van der Waals surface area contributed by atoms with Crippen LogP contribution >= 0.6 is 0 Å². The van der Waals surface area contributed by atoms with Gasteiger partial charge in [0, 0.05) is 19.6 Å². The largest absolute Gasteiger partial charge is 0.373 e. The van der Waals surface area contributed by atoms with E-state index in [1.54, 1.807) is 0 Å². The molecule has 20 heavy (non-hydrogen) atoms. The van der Waals surface area contributed by atoms with Crippen LogP contribution in [0.25, 0.3) is 0 Å². The maximum absolute atomic E-state index is 9.72. The lowest BCUT2D eigenvalue weighted by molar-refractivity contribution is -0.0895. The van der Waals surface area contributed by atoms with Crippen molar-refractivity contribution in [2.75, 3.05) is 33.3 Å². The number of likely N-dealkylation sites (N-methyl/N-ethyl adjacent to an activating group) is 1. The molecule has 1 N–H and O–H groups in total. The van der Waals surface area contributed by atoms with Gasteiger partial charge >= 0.3 is 0 Å². The van der Waals surface area contributed by atoms with Gasteiger partial charge in [-0.25, -0.2) is 0 Å². The van der Waals surface area contributed by atoms with Crippen molar-refractivity contribution in [3.05, 3.63) is 35.9 Å². The van der Waals surface area contributed by atoms with E-state index in [-0.39, 0.29) is 5.60 Å². The van der Waals surface area contributed by atoms with Crippen molar-refractivity contribution in [1.82, 2.24) is 10.2 Å². The Morgan fingerprint density at radius 2 is 2.10 bits per heavy atom. The minimum absolute atomic E-state index is 0.149. The quantitative estimate of drug-likeness (QED) is 0.907. The number of nitrogens with zero attached hydrogens (tertiary/aromatic N) is 2. The first kappa shape index (κ1) is 15.0. The molecule has 2 rings (SSSR count). The molecule has 1 atom stereocenters. The van der Waals surface area contributed by atoms with Gasteiger partial charge in [-0.05, 0) is 26.5 Å². The monoisotopic (exact) mass is 273 g/mol. The number of ether oxygens (including phenoxy) is 1. The predicted molar refractivity (Wildman–Crippen MR) is 79.3 cm³/mol. The molecule has 1 unspecified atom stereocenters. The highest BCUT2D eigenvalue weighted by Crippen LogP contribution is 2.24. The zero-order chi connectivity index (χ0) is 14.6. The summed E-state index contributed by atoms with van der Waals surface area (Å²) < 4.78 is 5.74. The summed E-state index contributed by atoms with van der Waals surface area (Å²) in [5.41, 5.74) is 0.188. The summed E-state index contributed by atoms with van der Waals surface area (Å²) in [4.78, 5) is 2.30. The standard InChI is InChI=1S/C16H23N3O/c1-15(2)12-19(9-10-20-15)13-16(11-17,18-3)14-7-5-4-6-8-14/h4-8,18H,9-10,12-13H2,1-3H3. The SMILES string of the molecule is CNC(C#N)(CN1CCOC(C)(C)C1)c1ccccc1. The van der Waals surface area contributed by atoms with Gasteiger partial charge in [-0.3, -0.25) is 10.2 Å². The van der Waals surface area contributed by atoms with E-state index in [9.17, 15) is 5.26 Å². The minimum Gasteiger partial charge on any atom is -0.373 e. The van der Waals surface area contributed by atoms with E-state index >= 15 is 0 Å². The summed E-state index contributed by atoms with van der Waals surface area (Å²) >= 11 is 0. The second-order valence-corrected chi connectivity index (χ2v) is 5.95.